The van der Waals surface area contributed by atoms with Crippen molar-refractivity contribution in [3.05, 3.63) is 76.6 Å². The number of carbonyl (C=O) groups is 1. The van der Waals surface area contributed by atoms with Gasteiger partial charge in [0.25, 0.3) is 0 Å². The van der Waals surface area contributed by atoms with E-state index in [-0.39, 0.29) is 17.8 Å². The fraction of sp³-hybridized carbons (Fsp3) is 0.429. The highest BCUT2D eigenvalue weighted by Gasteiger charge is 2.23. The van der Waals surface area contributed by atoms with Crippen LogP contribution >= 0.6 is 0 Å². The number of hydrogen-bond donors (Lipinski definition) is 1. The Morgan fingerprint density at radius 1 is 1.09 bits per heavy atom. The summed E-state index contributed by atoms with van der Waals surface area (Å²) in [6.45, 7) is 3.27. The van der Waals surface area contributed by atoms with E-state index in [9.17, 15) is 9.18 Å². The quantitative estimate of drug-likeness (QED) is 0.645. The third-order valence-corrected chi connectivity index (χ3v) is 7.05. The van der Waals surface area contributed by atoms with Crippen LogP contribution in [0.25, 0.3) is 6.08 Å². The first-order valence-electron chi connectivity index (χ1n) is 12.1. The molecule has 5 heteroatoms. The van der Waals surface area contributed by atoms with Crippen molar-refractivity contribution in [2.24, 2.45) is 5.92 Å². The van der Waals surface area contributed by atoms with Crippen LogP contribution in [0.4, 0.5) is 4.39 Å². The molecule has 0 atom stereocenters. The second kappa shape index (κ2) is 11.2. The maximum Gasteiger partial charge on any atom is 0.244 e. The summed E-state index contributed by atoms with van der Waals surface area (Å²) in [5.41, 5.74) is 4.17. The minimum atomic E-state index is -0.297. The Morgan fingerprint density at radius 2 is 1.88 bits per heavy atom. The maximum absolute atomic E-state index is 13.2. The fourth-order valence-electron chi connectivity index (χ4n) is 5.06. The van der Waals surface area contributed by atoms with Crippen LogP contribution < -0.4 is 5.32 Å². The minimum absolute atomic E-state index is 0.105. The summed E-state index contributed by atoms with van der Waals surface area (Å²) in [5.74, 6) is 0.317. The van der Waals surface area contributed by atoms with Gasteiger partial charge < -0.3 is 10.2 Å². The molecular weight excluding hydrogens is 413 g/mol. The van der Waals surface area contributed by atoms with E-state index in [2.05, 4.69) is 28.4 Å². The molecule has 1 heterocycles. The molecule has 2 aromatic rings. The van der Waals surface area contributed by atoms with Gasteiger partial charge in [-0.25, -0.2) is 4.39 Å². The van der Waals surface area contributed by atoms with E-state index in [1.165, 1.54) is 35.8 Å². The topological polar surface area (TPSA) is 56.1 Å². The van der Waals surface area contributed by atoms with Gasteiger partial charge in [0.05, 0.1) is 11.6 Å². The van der Waals surface area contributed by atoms with Gasteiger partial charge in [0, 0.05) is 25.2 Å². The first kappa shape index (κ1) is 23.2. The van der Waals surface area contributed by atoms with Crippen LogP contribution in [-0.2, 0) is 17.6 Å². The molecule has 0 saturated heterocycles. The molecule has 1 saturated carbocycles. The van der Waals surface area contributed by atoms with E-state index in [0.717, 1.165) is 69.6 Å². The zero-order valence-corrected chi connectivity index (χ0v) is 19.1. The van der Waals surface area contributed by atoms with Crippen LogP contribution in [0.2, 0.25) is 0 Å². The number of fused-ring (bicyclic) bond motifs is 1. The Kier molecular flexibility index (Phi) is 7.91. The van der Waals surface area contributed by atoms with Crippen molar-refractivity contribution in [1.29, 1.82) is 5.26 Å². The molecule has 172 valence electrons. The highest BCUT2D eigenvalue weighted by Crippen LogP contribution is 2.27. The van der Waals surface area contributed by atoms with E-state index in [0.29, 0.717) is 5.56 Å². The van der Waals surface area contributed by atoms with E-state index in [4.69, 9.17) is 5.26 Å². The number of halogens is 1. The second-order valence-electron chi connectivity index (χ2n) is 9.34. The smallest absolute Gasteiger partial charge is 0.244 e. The molecule has 0 radical (unpaired) electrons. The summed E-state index contributed by atoms with van der Waals surface area (Å²) >= 11 is 0. The maximum atomic E-state index is 13.2. The van der Waals surface area contributed by atoms with Crippen molar-refractivity contribution in [3.8, 4) is 6.07 Å². The predicted octanol–water partition coefficient (Wildman–Crippen LogP) is 4.88. The molecular formula is C28H32FN3O. The molecule has 2 aromatic carbocycles. The van der Waals surface area contributed by atoms with Gasteiger partial charge in [-0.1, -0.05) is 18.2 Å². The third-order valence-electron chi connectivity index (χ3n) is 7.05. The lowest BCUT2D eigenvalue weighted by Crippen LogP contribution is -2.37. The summed E-state index contributed by atoms with van der Waals surface area (Å²) in [6.07, 6.45) is 10.8. The number of hydrogen-bond acceptors (Lipinski definition) is 3. The summed E-state index contributed by atoms with van der Waals surface area (Å²) in [5, 5.41) is 12.2. The third kappa shape index (κ3) is 6.76. The van der Waals surface area contributed by atoms with Gasteiger partial charge >= 0.3 is 0 Å². The molecule has 33 heavy (non-hydrogen) atoms. The number of carbonyl (C=O) groups excluding carboxylic acids is 1. The largest absolute Gasteiger partial charge is 0.350 e. The van der Waals surface area contributed by atoms with Crippen LogP contribution in [0.5, 0.6) is 0 Å². The van der Waals surface area contributed by atoms with Crippen molar-refractivity contribution in [1.82, 2.24) is 10.2 Å². The molecule has 4 nitrogen and oxygen atoms in total. The molecule has 1 aliphatic heterocycles. The molecule has 1 amide bonds. The zero-order chi connectivity index (χ0) is 23.0. The SMILES string of the molecule is N#Cc1ccc2c(c1)CCN(CCC1CCC(NC(=O)/C=C/c3cccc(F)c3)CC1)CC2. The summed E-state index contributed by atoms with van der Waals surface area (Å²) < 4.78 is 13.2. The van der Waals surface area contributed by atoms with Gasteiger partial charge in [-0.3, -0.25) is 4.79 Å². The second-order valence-corrected chi connectivity index (χ2v) is 9.34. The summed E-state index contributed by atoms with van der Waals surface area (Å²) in [6, 6.07) is 14.8. The number of rotatable bonds is 6. The Labute approximate surface area is 196 Å². The molecule has 0 bridgehead atoms. The number of benzene rings is 2. The molecule has 0 spiro atoms. The van der Waals surface area contributed by atoms with Crippen molar-refractivity contribution >= 4 is 12.0 Å². The average molecular weight is 446 g/mol. The normalized spacial score (nSPS) is 21.2. The summed E-state index contributed by atoms with van der Waals surface area (Å²) in [4.78, 5) is 14.8. The minimum Gasteiger partial charge on any atom is -0.350 e. The number of amides is 1. The van der Waals surface area contributed by atoms with Crippen LogP contribution in [0, 0.1) is 23.1 Å². The Morgan fingerprint density at radius 3 is 2.64 bits per heavy atom. The van der Waals surface area contributed by atoms with Gasteiger partial charge in [0.1, 0.15) is 5.82 Å². The average Bonchev–Trinajstić information content (AvgIpc) is 3.04. The van der Waals surface area contributed by atoms with Crippen molar-refractivity contribution in [3.63, 3.8) is 0 Å². The van der Waals surface area contributed by atoms with E-state index < -0.39 is 0 Å². The molecule has 1 N–H and O–H groups in total. The van der Waals surface area contributed by atoms with Crippen LogP contribution in [0.3, 0.4) is 0 Å². The van der Waals surface area contributed by atoms with Crippen LogP contribution in [0.15, 0.2) is 48.5 Å². The highest BCUT2D eigenvalue weighted by atomic mass is 19.1. The molecule has 1 aliphatic carbocycles. The summed E-state index contributed by atoms with van der Waals surface area (Å²) in [7, 11) is 0. The number of nitrogens with one attached hydrogen (secondary N) is 1. The van der Waals surface area contributed by atoms with Gasteiger partial charge in [0.2, 0.25) is 5.91 Å². The number of nitriles is 1. The Balaban J connectivity index is 1.16. The Hall–Kier alpha value is -2.97. The Bertz CT molecular complexity index is 1030. The highest BCUT2D eigenvalue weighted by molar-refractivity contribution is 5.91. The van der Waals surface area contributed by atoms with Crippen molar-refractivity contribution in [2.75, 3.05) is 19.6 Å². The van der Waals surface area contributed by atoms with E-state index in [1.54, 1.807) is 18.2 Å². The predicted molar refractivity (Wildman–Crippen MR) is 129 cm³/mol. The first-order chi connectivity index (χ1) is 16.1. The van der Waals surface area contributed by atoms with Crippen molar-refractivity contribution in [2.45, 2.75) is 51.0 Å². The van der Waals surface area contributed by atoms with Gasteiger partial charge in [0.15, 0.2) is 0 Å². The fourth-order valence-corrected chi connectivity index (χ4v) is 5.06. The van der Waals surface area contributed by atoms with Gasteiger partial charge in [-0.2, -0.15) is 5.26 Å². The monoisotopic (exact) mass is 445 g/mol. The lowest BCUT2D eigenvalue weighted by Gasteiger charge is -2.30. The van der Waals surface area contributed by atoms with Gasteiger partial charge in [-0.15, -0.1) is 0 Å². The molecule has 0 aromatic heterocycles. The number of nitrogens with zero attached hydrogens (tertiary/aromatic N) is 2. The zero-order valence-electron chi connectivity index (χ0n) is 19.1. The molecule has 2 aliphatic rings. The molecule has 4 rings (SSSR count). The lowest BCUT2D eigenvalue weighted by molar-refractivity contribution is -0.117. The van der Waals surface area contributed by atoms with Crippen LogP contribution in [0.1, 0.15) is 54.4 Å². The van der Waals surface area contributed by atoms with Crippen molar-refractivity contribution < 1.29 is 9.18 Å². The lowest BCUT2D eigenvalue weighted by atomic mass is 9.84. The van der Waals surface area contributed by atoms with E-state index >= 15 is 0 Å². The molecule has 0 unspecified atom stereocenters. The van der Waals surface area contributed by atoms with Gasteiger partial charge in [-0.05, 0) is 104 Å². The standard InChI is InChI=1S/C28H32FN3O/c29-26-3-1-2-22(19-26)7-11-28(33)31-27-9-5-21(6-10-27)12-15-32-16-13-24-8-4-23(20-30)18-25(24)14-17-32/h1-4,7-8,11,18-19,21,27H,5-6,9-10,12-17H2,(H,31,33)/b11-7+. The van der Waals surface area contributed by atoms with Crippen LogP contribution in [-0.4, -0.2) is 36.5 Å². The first-order valence-corrected chi connectivity index (χ1v) is 12.1. The van der Waals surface area contributed by atoms with E-state index in [1.807, 2.05) is 6.07 Å². The molecule has 1 fully saturated rings.